The molecule has 0 spiro atoms. The molecule has 0 aromatic carbocycles. The van der Waals surface area contributed by atoms with Crippen molar-refractivity contribution in [2.45, 2.75) is 6.04 Å². The van der Waals surface area contributed by atoms with E-state index in [-0.39, 0.29) is 11.8 Å². The minimum absolute atomic E-state index is 0.0450. The number of piperidine rings is 1. The maximum Gasteiger partial charge on any atom is 0.321 e. The molecule has 1 unspecified atom stereocenters. The second kappa shape index (κ2) is 2.20. The van der Waals surface area contributed by atoms with E-state index in [1.54, 1.807) is 0 Å². The van der Waals surface area contributed by atoms with E-state index in [0.717, 1.165) is 0 Å². The molecule has 5 heteroatoms. The van der Waals surface area contributed by atoms with Crippen molar-refractivity contribution in [2.24, 2.45) is 17.8 Å². The number of nitrogens with one attached hydrogen (secondary N) is 1. The third kappa shape index (κ3) is 0.828. The van der Waals surface area contributed by atoms with Crippen molar-refractivity contribution in [1.29, 1.82) is 0 Å². The van der Waals surface area contributed by atoms with Gasteiger partial charge in [0.05, 0.1) is 5.92 Å². The fourth-order valence-electron chi connectivity index (χ4n) is 2.12. The Morgan fingerprint density at radius 2 is 1.92 bits per heavy atom. The third-order valence-electron chi connectivity index (χ3n) is 2.74. The number of carboxylic acid groups (broad SMARTS) is 2. The fourth-order valence-corrected chi connectivity index (χ4v) is 2.12. The molecule has 0 radical (unpaired) electrons. The number of carboxylic acids is 2. The summed E-state index contributed by atoms with van der Waals surface area (Å²) in [6, 6.07) is -0.643. The SMILES string of the molecule is O=C(O)[C@H]1NC[C@H]2C1[C@H]2C(=O)O. The highest BCUT2D eigenvalue weighted by Gasteiger charge is 2.63. The molecule has 1 heterocycles. The van der Waals surface area contributed by atoms with Crippen LogP contribution in [0, 0.1) is 17.8 Å². The lowest BCUT2D eigenvalue weighted by atomic mass is 10.1. The molecule has 1 aliphatic carbocycles. The van der Waals surface area contributed by atoms with Crippen LogP contribution in [-0.4, -0.2) is 34.7 Å². The van der Waals surface area contributed by atoms with Crippen LogP contribution in [0.1, 0.15) is 0 Å². The summed E-state index contributed by atoms with van der Waals surface area (Å²) in [5.74, 6) is -2.36. The highest BCUT2D eigenvalue weighted by molar-refractivity contribution is 5.81. The molecule has 2 fully saturated rings. The molecule has 66 valence electrons. The summed E-state index contributed by atoms with van der Waals surface area (Å²) in [5, 5.41) is 20.1. The highest BCUT2D eigenvalue weighted by Crippen LogP contribution is 2.51. The number of aliphatic carboxylic acids is 2. The lowest BCUT2D eigenvalue weighted by molar-refractivity contribution is -0.141. The largest absolute Gasteiger partial charge is 0.481 e. The molecule has 0 amide bonds. The molecule has 0 aromatic rings. The Labute approximate surface area is 68.4 Å². The van der Waals surface area contributed by atoms with Crippen molar-refractivity contribution < 1.29 is 19.8 Å². The van der Waals surface area contributed by atoms with Crippen LogP contribution >= 0.6 is 0 Å². The maximum atomic E-state index is 10.6. The van der Waals surface area contributed by atoms with E-state index in [0.29, 0.717) is 6.54 Å². The van der Waals surface area contributed by atoms with E-state index in [1.807, 2.05) is 0 Å². The van der Waals surface area contributed by atoms with E-state index in [2.05, 4.69) is 5.32 Å². The number of rotatable bonds is 2. The van der Waals surface area contributed by atoms with Gasteiger partial charge in [0.2, 0.25) is 0 Å². The first-order chi connectivity index (χ1) is 5.63. The molecule has 1 aliphatic heterocycles. The molecule has 0 bridgehead atoms. The average Bonchev–Trinajstić information content (AvgIpc) is 2.52. The first-order valence-electron chi connectivity index (χ1n) is 3.82. The van der Waals surface area contributed by atoms with E-state index < -0.39 is 23.9 Å². The Morgan fingerprint density at radius 1 is 1.25 bits per heavy atom. The monoisotopic (exact) mass is 171 g/mol. The van der Waals surface area contributed by atoms with Crippen LogP contribution in [0.4, 0.5) is 0 Å². The van der Waals surface area contributed by atoms with E-state index in [1.165, 1.54) is 0 Å². The van der Waals surface area contributed by atoms with Gasteiger partial charge in [0.25, 0.3) is 0 Å². The van der Waals surface area contributed by atoms with Gasteiger partial charge in [-0.3, -0.25) is 9.59 Å². The van der Waals surface area contributed by atoms with Crippen LogP contribution in [0.15, 0.2) is 0 Å². The third-order valence-corrected chi connectivity index (χ3v) is 2.74. The molecule has 3 N–H and O–H groups in total. The minimum atomic E-state index is -0.939. The zero-order valence-corrected chi connectivity index (χ0v) is 6.23. The Bertz CT molecular complexity index is 252. The molecule has 1 saturated heterocycles. The Hall–Kier alpha value is -1.10. The molecule has 0 aromatic heterocycles. The molecule has 2 rings (SSSR count). The molecule has 12 heavy (non-hydrogen) atoms. The van der Waals surface area contributed by atoms with Crippen molar-refractivity contribution >= 4 is 11.9 Å². The van der Waals surface area contributed by atoms with Crippen LogP contribution in [0.25, 0.3) is 0 Å². The van der Waals surface area contributed by atoms with E-state index >= 15 is 0 Å². The molecular formula is C7H9NO4. The summed E-state index contributed by atoms with van der Waals surface area (Å²) >= 11 is 0. The number of carbonyl (C=O) groups is 2. The van der Waals surface area contributed by atoms with Gasteiger partial charge in [-0.05, 0) is 12.5 Å². The molecule has 1 saturated carbocycles. The lowest BCUT2D eigenvalue weighted by Gasteiger charge is -2.08. The smallest absolute Gasteiger partial charge is 0.321 e. The van der Waals surface area contributed by atoms with Crippen LogP contribution in [0.3, 0.4) is 0 Å². The second-order valence-electron chi connectivity index (χ2n) is 3.33. The van der Waals surface area contributed by atoms with Gasteiger partial charge < -0.3 is 15.5 Å². The zero-order valence-electron chi connectivity index (χ0n) is 6.23. The predicted octanol–water partition coefficient (Wildman–Crippen LogP) is -1.01. The van der Waals surface area contributed by atoms with Gasteiger partial charge in [0.15, 0.2) is 0 Å². The fraction of sp³-hybridized carbons (Fsp3) is 0.714. The Balaban J connectivity index is 2.07. The second-order valence-corrected chi connectivity index (χ2v) is 3.33. The van der Waals surface area contributed by atoms with Crippen molar-refractivity contribution in [3.63, 3.8) is 0 Å². The normalized spacial score (nSPS) is 43.7. The first kappa shape index (κ1) is 7.54. The molecule has 5 nitrogen and oxygen atoms in total. The molecule has 4 atom stereocenters. The summed E-state index contributed by atoms with van der Waals surface area (Å²) in [5.41, 5.74) is 0. The predicted molar refractivity (Wildman–Crippen MR) is 37.5 cm³/mol. The van der Waals surface area contributed by atoms with Crippen LogP contribution < -0.4 is 5.32 Å². The van der Waals surface area contributed by atoms with Crippen LogP contribution in [-0.2, 0) is 9.59 Å². The van der Waals surface area contributed by atoms with E-state index in [9.17, 15) is 9.59 Å². The maximum absolute atomic E-state index is 10.6. The summed E-state index contributed by atoms with van der Waals surface area (Å²) < 4.78 is 0. The molecular weight excluding hydrogens is 162 g/mol. The van der Waals surface area contributed by atoms with Crippen molar-refractivity contribution in [1.82, 2.24) is 5.32 Å². The van der Waals surface area contributed by atoms with E-state index in [4.69, 9.17) is 10.2 Å². The van der Waals surface area contributed by atoms with Crippen LogP contribution in [0.5, 0.6) is 0 Å². The zero-order chi connectivity index (χ0) is 8.88. The number of fused-ring (bicyclic) bond motifs is 1. The Kier molecular flexibility index (Phi) is 1.38. The summed E-state index contributed by atoms with van der Waals surface area (Å²) in [6.45, 7) is 0.526. The van der Waals surface area contributed by atoms with Gasteiger partial charge in [0.1, 0.15) is 6.04 Å². The van der Waals surface area contributed by atoms with Gasteiger partial charge >= 0.3 is 11.9 Å². The molecule has 2 aliphatic rings. The van der Waals surface area contributed by atoms with Gasteiger partial charge in [-0.15, -0.1) is 0 Å². The highest BCUT2D eigenvalue weighted by atomic mass is 16.4. The van der Waals surface area contributed by atoms with Crippen LogP contribution in [0.2, 0.25) is 0 Å². The van der Waals surface area contributed by atoms with Gasteiger partial charge in [0, 0.05) is 5.92 Å². The van der Waals surface area contributed by atoms with Crippen molar-refractivity contribution in [3.05, 3.63) is 0 Å². The van der Waals surface area contributed by atoms with Gasteiger partial charge in [-0.25, -0.2) is 0 Å². The summed E-state index contributed by atoms with van der Waals surface area (Å²) in [4.78, 5) is 21.1. The summed E-state index contributed by atoms with van der Waals surface area (Å²) in [6.07, 6.45) is 0. The van der Waals surface area contributed by atoms with Gasteiger partial charge in [-0.2, -0.15) is 0 Å². The number of hydrogen-bond acceptors (Lipinski definition) is 3. The lowest BCUT2D eigenvalue weighted by Crippen LogP contribution is -2.36. The van der Waals surface area contributed by atoms with Crippen molar-refractivity contribution in [3.8, 4) is 0 Å². The number of hydrogen-bond donors (Lipinski definition) is 3. The topological polar surface area (TPSA) is 86.6 Å². The summed E-state index contributed by atoms with van der Waals surface area (Å²) in [7, 11) is 0. The average molecular weight is 171 g/mol. The Morgan fingerprint density at radius 3 is 2.33 bits per heavy atom. The minimum Gasteiger partial charge on any atom is -0.481 e. The van der Waals surface area contributed by atoms with Gasteiger partial charge in [-0.1, -0.05) is 0 Å². The standard InChI is InChI=1S/C7H9NO4/c9-6(10)4-2-1-8-5(3(2)4)7(11)12/h2-5,8H,1H2,(H,9,10)(H,11,12)/t2-,3?,4-,5-/m0/s1. The first-order valence-corrected chi connectivity index (χ1v) is 3.82. The van der Waals surface area contributed by atoms with Crippen molar-refractivity contribution in [2.75, 3.05) is 6.54 Å². The quantitative estimate of drug-likeness (QED) is 0.495.